The average molecular weight is 321 g/mol. The van der Waals surface area contributed by atoms with Crippen LogP contribution in [-0.2, 0) is 0 Å². The second-order valence-electron chi connectivity index (χ2n) is 6.73. The van der Waals surface area contributed by atoms with Crippen molar-refractivity contribution in [2.24, 2.45) is 16.7 Å². The van der Waals surface area contributed by atoms with Crippen LogP contribution in [0, 0.1) is 16.7 Å². The summed E-state index contributed by atoms with van der Waals surface area (Å²) in [5, 5.41) is 0. The minimum atomic E-state index is -2.20. The fraction of sp³-hybridized carbons (Fsp3) is 1.00. The average Bonchev–Trinajstić information content (AvgIpc) is 2.32. The molecule has 2 aliphatic rings. The topological polar surface area (TPSA) is 0 Å². The summed E-state index contributed by atoms with van der Waals surface area (Å²) < 4.78 is 0.909. The van der Waals surface area contributed by atoms with Gasteiger partial charge < -0.3 is 0 Å². The Labute approximate surface area is 96.4 Å². The summed E-state index contributed by atoms with van der Waals surface area (Å²) >= 11 is -2.20. The summed E-state index contributed by atoms with van der Waals surface area (Å²) in [6.07, 6.45) is 4.33. The van der Waals surface area contributed by atoms with Crippen molar-refractivity contribution in [1.29, 1.82) is 0 Å². The van der Waals surface area contributed by atoms with Crippen LogP contribution in [0.5, 0.6) is 0 Å². The molecular formula is C12H23ClSn. The van der Waals surface area contributed by atoms with E-state index in [1.165, 1.54) is 19.3 Å². The maximum atomic E-state index is 6.76. The Kier molecular flexibility index (Phi) is 2.53. The molecule has 0 aromatic rings. The molecule has 2 saturated carbocycles. The van der Waals surface area contributed by atoms with Crippen LogP contribution in [0.4, 0.5) is 0 Å². The molecule has 0 saturated heterocycles. The molecule has 2 aliphatic carbocycles. The van der Waals surface area contributed by atoms with Gasteiger partial charge in [0.1, 0.15) is 0 Å². The van der Waals surface area contributed by atoms with E-state index in [2.05, 4.69) is 30.7 Å². The van der Waals surface area contributed by atoms with Crippen LogP contribution in [0.15, 0.2) is 0 Å². The van der Waals surface area contributed by atoms with E-state index in [9.17, 15) is 0 Å². The van der Waals surface area contributed by atoms with Gasteiger partial charge in [0.25, 0.3) is 0 Å². The molecule has 0 aliphatic heterocycles. The molecule has 0 nitrogen and oxygen atoms in total. The van der Waals surface area contributed by atoms with Crippen LogP contribution in [0.1, 0.15) is 40.0 Å². The van der Waals surface area contributed by atoms with E-state index in [-0.39, 0.29) is 0 Å². The Morgan fingerprint density at radius 3 is 2.00 bits per heavy atom. The fourth-order valence-corrected chi connectivity index (χ4v) is 14.7. The fourth-order valence-electron chi connectivity index (χ4n) is 4.24. The van der Waals surface area contributed by atoms with Crippen molar-refractivity contribution in [3.05, 3.63) is 0 Å². The Balaban J connectivity index is 2.37. The first-order valence-electron chi connectivity index (χ1n) is 5.88. The van der Waals surface area contributed by atoms with E-state index in [1.807, 2.05) is 0 Å². The molecule has 2 fully saturated rings. The van der Waals surface area contributed by atoms with Crippen LogP contribution in [0.2, 0.25) is 13.8 Å². The predicted octanol–water partition coefficient (Wildman–Crippen LogP) is 4.65. The molecule has 3 atom stereocenters. The summed E-state index contributed by atoms with van der Waals surface area (Å²) in [6, 6.07) is 0. The summed E-state index contributed by atoms with van der Waals surface area (Å²) in [5.74, 6) is 0.965. The number of hydrogen-bond donors (Lipinski definition) is 0. The van der Waals surface area contributed by atoms with Crippen molar-refractivity contribution in [3.63, 3.8) is 0 Å². The zero-order valence-corrected chi connectivity index (χ0v) is 13.8. The van der Waals surface area contributed by atoms with Gasteiger partial charge in [0.2, 0.25) is 0 Å². The van der Waals surface area contributed by atoms with Crippen LogP contribution < -0.4 is 0 Å². The van der Waals surface area contributed by atoms with E-state index in [1.54, 1.807) is 0 Å². The third-order valence-corrected chi connectivity index (χ3v) is 14.6. The first-order chi connectivity index (χ1) is 6.19. The normalized spacial score (nSPS) is 45.9. The van der Waals surface area contributed by atoms with Crippen molar-refractivity contribution in [3.8, 4) is 0 Å². The van der Waals surface area contributed by atoms with Gasteiger partial charge in [-0.15, -0.1) is 0 Å². The SMILES string of the molecule is CC1(C)C2CCC1(C)[CH]([Sn]([CH3])([CH3])[Cl])C2. The van der Waals surface area contributed by atoms with Gasteiger partial charge in [-0.1, -0.05) is 0 Å². The van der Waals surface area contributed by atoms with Gasteiger partial charge >= 0.3 is 96.8 Å². The van der Waals surface area contributed by atoms with Crippen LogP contribution in [0.3, 0.4) is 0 Å². The number of rotatable bonds is 1. The van der Waals surface area contributed by atoms with Gasteiger partial charge in [-0.25, -0.2) is 0 Å². The molecule has 2 rings (SSSR count). The second-order valence-corrected chi connectivity index (χ2v) is 24.2. The van der Waals surface area contributed by atoms with E-state index in [4.69, 9.17) is 8.92 Å². The maximum absolute atomic E-state index is 6.76. The van der Waals surface area contributed by atoms with Gasteiger partial charge in [-0.3, -0.25) is 0 Å². The monoisotopic (exact) mass is 322 g/mol. The molecule has 0 aromatic heterocycles. The van der Waals surface area contributed by atoms with Gasteiger partial charge in [0, 0.05) is 0 Å². The molecule has 82 valence electrons. The third kappa shape index (κ3) is 1.32. The van der Waals surface area contributed by atoms with Crippen molar-refractivity contribution >= 4 is 26.2 Å². The molecule has 2 bridgehead atoms. The Bertz CT molecular complexity index is 254. The summed E-state index contributed by atoms with van der Waals surface area (Å²) in [7, 11) is 6.76. The van der Waals surface area contributed by atoms with E-state index >= 15 is 0 Å². The molecule has 3 unspecified atom stereocenters. The summed E-state index contributed by atoms with van der Waals surface area (Å²) in [4.78, 5) is 4.81. The van der Waals surface area contributed by atoms with E-state index in [0.717, 1.165) is 9.85 Å². The molecule has 0 aromatic carbocycles. The molecule has 0 radical (unpaired) electrons. The first kappa shape index (κ1) is 11.6. The van der Waals surface area contributed by atoms with E-state index in [0.29, 0.717) is 10.8 Å². The van der Waals surface area contributed by atoms with Crippen molar-refractivity contribution < 1.29 is 0 Å². The number of fused-ring (bicyclic) bond motifs is 2. The van der Waals surface area contributed by atoms with Gasteiger partial charge in [0.15, 0.2) is 0 Å². The molecule has 0 amide bonds. The molecular weight excluding hydrogens is 298 g/mol. The van der Waals surface area contributed by atoms with Gasteiger partial charge in [-0.05, 0) is 0 Å². The third-order valence-electron chi connectivity index (χ3n) is 5.62. The molecule has 0 N–H and O–H groups in total. The second kappa shape index (κ2) is 3.06. The van der Waals surface area contributed by atoms with Crippen LogP contribution in [-0.4, -0.2) is 17.3 Å². The summed E-state index contributed by atoms with van der Waals surface area (Å²) in [6.45, 7) is 7.49. The predicted molar refractivity (Wildman–Crippen MR) is 66.3 cm³/mol. The number of halogens is 1. The van der Waals surface area contributed by atoms with Gasteiger partial charge in [-0.2, -0.15) is 0 Å². The Morgan fingerprint density at radius 2 is 1.79 bits per heavy atom. The zero-order chi connectivity index (χ0) is 10.8. The molecule has 0 spiro atoms. The number of hydrogen-bond acceptors (Lipinski definition) is 0. The standard InChI is InChI=1S/C10H17.2CH3.ClH.Sn/c1-9(2)8-4-6-10(9,3)7-5-8;;;;/h6,8H,4-5,7H2,1-3H3;2*1H3;1H;/q;;;;+1/p-1. The molecule has 14 heavy (non-hydrogen) atoms. The van der Waals surface area contributed by atoms with Crippen molar-refractivity contribution in [2.45, 2.75) is 53.8 Å². The Morgan fingerprint density at radius 1 is 1.21 bits per heavy atom. The zero-order valence-electron chi connectivity index (χ0n) is 10.2. The molecule has 0 heterocycles. The van der Waals surface area contributed by atoms with Crippen LogP contribution >= 0.6 is 8.92 Å². The van der Waals surface area contributed by atoms with E-state index < -0.39 is 17.3 Å². The van der Waals surface area contributed by atoms with Crippen LogP contribution in [0.25, 0.3) is 0 Å². The minimum absolute atomic E-state index is 0.556. The summed E-state index contributed by atoms with van der Waals surface area (Å²) in [5.41, 5.74) is 1.12. The van der Waals surface area contributed by atoms with Gasteiger partial charge in [0.05, 0.1) is 0 Å². The quantitative estimate of drug-likeness (QED) is 0.617. The van der Waals surface area contributed by atoms with Crippen molar-refractivity contribution in [1.82, 2.24) is 0 Å². The molecule has 2 heteroatoms. The van der Waals surface area contributed by atoms with Crippen molar-refractivity contribution in [2.75, 3.05) is 0 Å². The Hall–Kier alpha value is 1.09. The first-order valence-corrected chi connectivity index (χ1v) is 16.9.